The van der Waals surface area contributed by atoms with Gasteiger partial charge in [-0.25, -0.2) is 0 Å². The summed E-state index contributed by atoms with van der Waals surface area (Å²) in [6, 6.07) is 1.84. The summed E-state index contributed by atoms with van der Waals surface area (Å²) in [5.41, 5.74) is 0. The second-order valence-corrected chi connectivity index (χ2v) is 6.24. The van der Waals surface area contributed by atoms with E-state index in [1.54, 1.807) is 0 Å². The Morgan fingerprint density at radius 1 is 1.39 bits per heavy atom. The van der Waals surface area contributed by atoms with Crippen molar-refractivity contribution in [2.24, 2.45) is 5.92 Å². The smallest absolute Gasteiger partial charge is 0.0728 e. The molecule has 0 amide bonds. The summed E-state index contributed by atoms with van der Waals surface area (Å²) in [5.74, 6) is 0.761. The first-order valence-electron chi connectivity index (χ1n) is 7.74. The van der Waals surface area contributed by atoms with Crippen LogP contribution in [0.1, 0.15) is 47.0 Å². The van der Waals surface area contributed by atoms with Crippen LogP contribution in [0, 0.1) is 5.92 Å². The molecule has 1 N–H and O–H groups in total. The van der Waals surface area contributed by atoms with Crippen molar-refractivity contribution in [2.75, 3.05) is 19.7 Å². The third kappa shape index (κ3) is 3.06. The van der Waals surface area contributed by atoms with Gasteiger partial charge in [-0.15, -0.1) is 0 Å². The number of piperazine rings is 1. The summed E-state index contributed by atoms with van der Waals surface area (Å²) in [5, 5.41) is 3.71. The minimum atomic E-state index is 0.461. The fraction of sp³-hybridized carbons (Fsp3) is 1.00. The molecule has 0 aromatic rings. The van der Waals surface area contributed by atoms with E-state index in [4.69, 9.17) is 4.74 Å². The van der Waals surface area contributed by atoms with Crippen LogP contribution in [0.2, 0.25) is 0 Å². The molecule has 3 nitrogen and oxygen atoms in total. The normalized spacial score (nSPS) is 37.7. The Balaban J connectivity index is 1.95. The van der Waals surface area contributed by atoms with Crippen LogP contribution < -0.4 is 5.32 Å². The Morgan fingerprint density at radius 2 is 2.17 bits per heavy atom. The molecule has 0 bridgehead atoms. The van der Waals surface area contributed by atoms with Gasteiger partial charge >= 0.3 is 0 Å². The van der Waals surface area contributed by atoms with E-state index < -0.39 is 0 Å². The lowest BCUT2D eigenvalue weighted by atomic mass is 9.94. The number of rotatable bonds is 4. The first-order chi connectivity index (χ1) is 8.63. The van der Waals surface area contributed by atoms with E-state index >= 15 is 0 Å². The zero-order valence-electron chi connectivity index (χ0n) is 12.5. The van der Waals surface area contributed by atoms with Crippen LogP contribution in [-0.4, -0.2) is 48.8 Å². The van der Waals surface area contributed by atoms with Crippen LogP contribution >= 0.6 is 0 Å². The first kappa shape index (κ1) is 14.3. The van der Waals surface area contributed by atoms with Gasteiger partial charge in [-0.1, -0.05) is 20.3 Å². The van der Waals surface area contributed by atoms with Gasteiger partial charge in [0.15, 0.2) is 0 Å². The number of nitrogens with one attached hydrogen (secondary N) is 1. The third-order valence-electron chi connectivity index (χ3n) is 5.01. The summed E-state index contributed by atoms with van der Waals surface area (Å²) in [7, 11) is 0. The fourth-order valence-electron chi connectivity index (χ4n) is 3.34. The maximum Gasteiger partial charge on any atom is 0.0728 e. The maximum atomic E-state index is 5.88. The second-order valence-electron chi connectivity index (χ2n) is 6.24. The molecular formula is C15H30N2O. The summed E-state index contributed by atoms with van der Waals surface area (Å²) in [6.45, 7) is 12.6. The molecule has 106 valence electrons. The molecule has 5 atom stereocenters. The van der Waals surface area contributed by atoms with Crippen molar-refractivity contribution >= 4 is 0 Å². The number of nitrogens with zero attached hydrogens (tertiary/aromatic N) is 1. The van der Waals surface area contributed by atoms with Gasteiger partial charge in [0, 0.05) is 37.8 Å². The highest BCUT2D eigenvalue weighted by atomic mass is 16.5. The van der Waals surface area contributed by atoms with Crippen molar-refractivity contribution in [2.45, 2.75) is 71.2 Å². The van der Waals surface area contributed by atoms with Gasteiger partial charge in [0.2, 0.25) is 0 Å². The predicted octanol–water partition coefficient (Wildman–Crippen LogP) is 2.26. The van der Waals surface area contributed by atoms with Gasteiger partial charge in [0.1, 0.15) is 0 Å². The molecule has 2 saturated heterocycles. The van der Waals surface area contributed by atoms with E-state index in [1.165, 1.54) is 25.8 Å². The molecule has 18 heavy (non-hydrogen) atoms. The Hall–Kier alpha value is -0.120. The van der Waals surface area contributed by atoms with Crippen LogP contribution in [0.4, 0.5) is 0 Å². The van der Waals surface area contributed by atoms with Gasteiger partial charge in [0.05, 0.1) is 6.10 Å². The van der Waals surface area contributed by atoms with E-state index in [0.29, 0.717) is 24.2 Å². The van der Waals surface area contributed by atoms with Crippen molar-refractivity contribution in [1.82, 2.24) is 10.2 Å². The van der Waals surface area contributed by atoms with Gasteiger partial charge in [0.25, 0.3) is 0 Å². The molecule has 0 spiro atoms. The summed E-state index contributed by atoms with van der Waals surface area (Å²) < 4.78 is 5.88. The Kier molecular flexibility index (Phi) is 5.05. The lowest BCUT2D eigenvalue weighted by Gasteiger charge is -2.45. The van der Waals surface area contributed by atoms with Gasteiger partial charge in [-0.05, 0) is 32.6 Å². The molecule has 0 aliphatic carbocycles. The molecule has 0 radical (unpaired) electrons. The van der Waals surface area contributed by atoms with Crippen LogP contribution in [0.25, 0.3) is 0 Å². The first-order valence-corrected chi connectivity index (χ1v) is 7.74. The van der Waals surface area contributed by atoms with E-state index in [2.05, 4.69) is 37.9 Å². The highest BCUT2D eigenvalue weighted by Crippen LogP contribution is 2.24. The molecule has 2 fully saturated rings. The van der Waals surface area contributed by atoms with Crippen molar-refractivity contribution in [3.63, 3.8) is 0 Å². The number of ether oxygens (including phenoxy) is 1. The molecule has 3 heteroatoms. The summed E-state index contributed by atoms with van der Waals surface area (Å²) in [4.78, 5) is 2.67. The average Bonchev–Trinajstić information content (AvgIpc) is 2.91. The van der Waals surface area contributed by atoms with Crippen LogP contribution in [0.5, 0.6) is 0 Å². The SMILES string of the molecule is CCC(C)C1CN(C(C)C2CCCO2)C(C)CN1. The zero-order valence-corrected chi connectivity index (χ0v) is 12.5. The quantitative estimate of drug-likeness (QED) is 0.833. The molecule has 5 unspecified atom stereocenters. The van der Waals surface area contributed by atoms with Gasteiger partial charge in [-0.2, -0.15) is 0 Å². The van der Waals surface area contributed by atoms with Gasteiger partial charge in [-0.3, -0.25) is 4.90 Å². The lowest BCUT2D eigenvalue weighted by molar-refractivity contribution is -0.00520. The molecule has 0 aromatic heterocycles. The standard InChI is InChI=1S/C15H30N2O/c1-5-11(2)14-10-17(12(3)9-16-14)13(4)15-7-6-8-18-15/h11-16H,5-10H2,1-4H3. The second kappa shape index (κ2) is 6.36. The zero-order chi connectivity index (χ0) is 13.1. The van der Waals surface area contributed by atoms with E-state index in [9.17, 15) is 0 Å². The maximum absolute atomic E-state index is 5.88. The average molecular weight is 254 g/mol. The minimum absolute atomic E-state index is 0.461. The molecular weight excluding hydrogens is 224 g/mol. The van der Waals surface area contributed by atoms with Crippen molar-refractivity contribution < 1.29 is 4.74 Å². The Labute approximate surface area is 112 Å². The molecule has 0 saturated carbocycles. The van der Waals surface area contributed by atoms with Crippen molar-refractivity contribution in [3.05, 3.63) is 0 Å². The predicted molar refractivity (Wildman–Crippen MR) is 75.8 cm³/mol. The Morgan fingerprint density at radius 3 is 2.78 bits per heavy atom. The lowest BCUT2D eigenvalue weighted by Crippen LogP contribution is -2.61. The summed E-state index contributed by atoms with van der Waals surface area (Å²) >= 11 is 0. The third-order valence-corrected chi connectivity index (χ3v) is 5.01. The fourth-order valence-corrected chi connectivity index (χ4v) is 3.34. The number of hydrogen-bond acceptors (Lipinski definition) is 3. The molecule has 2 heterocycles. The largest absolute Gasteiger partial charge is 0.377 e. The van der Waals surface area contributed by atoms with E-state index in [1.807, 2.05) is 0 Å². The molecule has 2 aliphatic heterocycles. The molecule has 2 rings (SSSR count). The monoisotopic (exact) mass is 254 g/mol. The van der Waals surface area contributed by atoms with Crippen molar-refractivity contribution in [1.29, 1.82) is 0 Å². The number of hydrogen-bond donors (Lipinski definition) is 1. The van der Waals surface area contributed by atoms with Gasteiger partial charge < -0.3 is 10.1 Å². The molecule has 2 aliphatic rings. The van der Waals surface area contributed by atoms with Crippen LogP contribution in [0.3, 0.4) is 0 Å². The molecule has 0 aromatic carbocycles. The van der Waals surface area contributed by atoms with Crippen LogP contribution in [0.15, 0.2) is 0 Å². The van der Waals surface area contributed by atoms with E-state index in [-0.39, 0.29) is 0 Å². The minimum Gasteiger partial charge on any atom is -0.377 e. The van der Waals surface area contributed by atoms with E-state index in [0.717, 1.165) is 19.1 Å². The highest BCUT2D eigenvalue weighted by molar-refractivity contribution is 4.91. The topological polar surface area (TPSA) is 24.5 Å². The Bertz CT molecular complexity index is 253. The van der Waals surface area contributed by atoms with Crippen LogP contribution in [-0.2, 0) is 4.74 Å². The van der Waals surface area contributed by atoms with Crippen molar-refractivity contribution in [3.8, 4) is 0 Å². The highest BCUT2D eigenvalue weighted by Gasteiger charge is 2.35. The summed E-state index contributed by atoms with van der Waals surface area (Å²) in [6.07, 6.45) is 4.20.